The lowest BCUT2D eigenvalue weighted by atomic mass is 10.0. The van der Waals surface area contributed by atoms with Crippen LogP contribution in [0.2, 0.25) is 0 Å². The lowest BCUT2D eigenvalue weighted by molar-refractivity contribution is -0.274. The molecule has 0 aromatic heterocycles. The number of hydrogen-bond acceptors (Lipinski definition) is 13. The minimum Gasteiger partial charge on any atom is -0.505 e. The smallest absolute Gasteiger partial charge is 0.505 e. The van der Waals surface area contributed by atoms with Crippen molar-refractivity contribution < 1.29 is 54.1 Å². The standard InChI is InChI=1S/C34H25F3N6O9S2/c1-16-10-17(3-8-25(16)40-42-31-28(53(46,47)48)13-19-2-5-22(39)15-24(19)33(31)45)18-4-9-26(27(12-18)52-34(35,36)37)41-43-30-29(54(49,50)51)14-20-11-21(38)6-7-23(20)32(30)44/h2-15,44-45H,38-39H2,1H3,(H,46,47,48)(H,49,50,51). The Morgan fingerprint density at radius 2 is 1.13 bits per heavy atom. The third kappa shape index (κ3) is 7.71. The van der Waals surface area contributed by atoms with Gasteiger partial charge in [0.05, 0.1) is 5.69 Å². The molecule has 278 valence electrons. The van der Waals surface area contributed by atoms with Gasteiger partial charge in [0.15, 0.2) is 17.2 Å². The van der Waals surface area contributed by atoms with Crippen LogP contribution in [0.3, 0.4) is 0 Å². The summed E-state index contributed by atoms with van der Waals surface area (Å²) in [5.74, 6) is -2.23. The fraction of sp³-hybridized carbons (Fsp3) is 0.0588. The van der Waals surface area contributed by atoms with Gasteiger partial charge in [-0.1, -0.05) is 18.2 Å². The molecule has 0 amide bonds. The molecule has 0 aliphatic rings. The normalized spacial score (nSPS) is 12.7. The van der Waals surface area contributed by atoms with Gasteiger partial charge in [0.25, 0.3) is 20.2 Å². The number of alkyl halides is 3. The largest absolute Gasteiger partial charge is 0.573 e. The van der Waals surface area contributed by atoms with E-state index in [9.17, 15) is 49.3 Å². The molecule has 20 heteroatoms. The van der Waals surface area contributed by atoms with E-state index in [1.54, 1.807) is 6.92 Å². The third-order valence-corrected chi connectivity index (χ3v) is 9.67. The van der Waals surface area contributed by atoms with E-state index in [-0.39, 0.29) is 44.2 Å². The number of nitrogens with two attached hydrogens (primary N) is 2. The molecule has 6 aromatic rings. The fourth-order valence-electron chi connectivity index (χ4n) is 5.45. The number of halogens is 3. The van der Waals surface area contributed by atoms with Crippen molar-refractivity contribution in [2.45, 2.75) is 23.1 Å². The summed E-state index contributed by atoms with van der Waals surface area (Å²) in [7, 11) is -9.91. The van der Waals surface area contributed by atoms with Gasteiger partial charge in [-0.15, -0.1) is 28.5 Å². The second-order valence-corrected chi connectivity index (χ2v) is 14.5. The molecule has 6 rings (SSSR count). The first-order chi connectivity index (χ1) is 25.2. The Hall–Kier alpha value is -6.35. The maximum absolute atomic E-state index is 13.5. The highest BCUT2D eigenvalue weighted by Crippen LogP contribution is 2.45. The van der Waals surface area contributed by atoms with Crippen LogP contribution in [0.15, 0.2) is 115 Å². The number of phenolic OH excluding ortho intramolecular Hbond substituents is 2. The van der Waals surface area contributed by atoms with Crippen molar-refractivity contribution in [3.05, 3.63) is 90.5 Å². The zero-order chi connectivity index (χ0) is 39.3. The number of ether oxygens (including phenoxy) is 1. The lowest BCUT2D eigenvalue weighted by Crippen LogP contribution is -2.17. The molecule has 0 heterocycles. The molecule has 0 atom stereocenters. The van der Waals surface area contributed by atoms with Gasteiger partial charge in [0, 0.05) is 22.1 Å². The van der Waals surface area contributed by atoms with Crippen LogP contribution in [-0.4, -0.2) is 42.5 Å². The van der Waals surface area contributed by atoms with Crippen molar-refractivity contribution in [3.8, 4) is 28.4 Å². The molecule has 0 spiro atoms. The van der Waals surface area contributed by atoms with Gasteiger partial charge in [-0.2, -0.15) is 21.9 Å². The van der Waals surface area contributed by atoms with E-state index in [1.165, 1.54) is 60.7 Å². The average molecular weight is 783 g/mol. The molecule has 0 aliphatic heterocycles. The summed E-state index contributed by atoms with van der Waals surface area (Å²) < 4.78 is 113. The Balaban J connectivity index is 1.38. The Bertz CT molecular complexity index is 2810. The maximum atomic E-state index is 13.5. The van der Waals surface area contributed by atoms with Crippen LogP contribution >= 0.6 is 0 Å². The number of rotatable bonds is 8. The van der Waals surface area contributed by atoms with Crippen molar-refractivity contribution in [3.63, 3.8) is 0 Å². The van der Waals surface area contributed by atoms with E-state index in [0.717, 1.165) is 24.3 Å². The van der Waals surface area contributed by atoms with Gasteiger partial charge in [0.2, 0.25) is 0 Å². The van der Waals surface area contributed by atoms with Gasteiger partial charge < -0.3 is 26.4 Å². The minimum absolute atomic E-state index is 0.0594. The number of hydrogen-bond donors (Lipinski definition) is 6. The van der Waals surface area contributed by atoms with Crippen LogP contribution in [0.25, 0.3) is 32.7 Å². The molecule has 0 unspecified atom stereocenters. The molecular formula is C34H25F3N6O9S2. The number of nitrogens with zero attached hydrogens (tertiary/aromatic N) is 4. The first kappa shape index (κ1) is 37.4. The van der Waals surface area contributed by atoms with Crippen molar-refractivity contribution >= 4 is 75.9 Å². The Kier molecular flexibility index (Phi) is 9.40. The zero-order valence-electron chi connectivity index (χ0n) is 27.3. The number of aryl methyl sites for hydroxylation is 1. The van der Waals surface area contributed by atoms with E-state index < -0.39 is 70.7 Å². The van der Waals surface area contributed by atoms with Crippen LogP contribution < -0.4 is 16.2 Å². The third-order valence-electron chi connectivity index (χ3n) is 7.94. The van der Waals surface area contributed by atoms with E-state index in [1.807, 2.05) is 0 Å². The molecule has 8 N–H and O–H groups in total. The quantitative estimate of drug-likeness (QED) is 0.0483. The molecular weight excluding hydrogens is 758 g/mol. The second-order valence-electron chi connectivity index (χ2n) is 11.7. The SMILES string of the molecule is Cc1cc(-c2ccc(N=Nc3c(S(=O)(=O)O)cc4cc(N)ccc4c3O)c(OC(F)(F)F)c2)ccc1N=Nc1c(S(=O)(=O)O)cc2ccc(N)cc2c1O. The van der Waals surface area contributed by atoms with Gasteiger partial charge in [-0.25, -0.2) is 0 Å². The molecule has 0 saturated heterocycles. The molecule has 0 aliphatic carbocycles. The molecule has 15 nitrogen and oxygen atoms in total. The van der Waals surface area contributed by atoms with Crippen molar-refractivity contribution in [1.29, 1.82) is 0 Å². The van der Waals surface area contributed by atoms with Crippen LogP contribution in [-0.2, 0) is 20.2 Å². The summed E-state index contributed by atoms with van der Waals surface area (Å²) in [6, 6.07) is 18.2. The highest BCUT2D eigenvalue weighted by atomic mass is 32.2. The number of azo groups is 2. The summed E-state index contributed by atoms with van der Waals surface area (Å²) >= 11 is 0. The van der Waals surface area contributed by atoms with Crippen LogP contribution in [0.5, 0.6) is 17.2 Å². The van der Waals surface area contributed by atoms with E-state index in [0.29, 0.717) is 11.1 Å². The van der Waals surface area contributed by atoms with Gasteiger partial charge >= 0.3 is 6.36 Å². The topological polar surface area (TPSA) is 260 Å². The Morgan fingerprint density at radius 3 is 1.72 bits per heavy atom. The molecule has 0 saturated carbocycles. The summed E-state index contributed by atoms with van der Waals surface area (Å²) in [6.07, 6.45) is -5.21. The number of fused-ring (bicyclic) bond motifs is 2. The fourth-order valence-corrected chi connectivity index (χ4v) is 6.77. The molecule has 0 fully saturated rings. The highest BCUT2D eigenvalue weighted by Gasteiger charge is 2.33. The Labute approximate surface area is 303 Å². The Morgan fingerprint density at radius 1 is 0.611 bits per heavy atom. The maximum Gasteiger partial charge on any atom is 0.573 e. The predicted molar refractivity (Wildman–Crippen MR) is 191 cm³/mol. The summed E-state index contributed by atoms with van der Waals surface area (Å²) in [4.78, 5) is -1.61. The van der Waals surface area contributed by atoms with Crippen LogP contribution in [0.1, 0.15) is 5.56 Å². The summed E-state index contributed by atoms with van der Waals surface area (Å²) in [5, 5.41) is 37.6. The molecule has 6 aromatic carbocycles. The highest BCUT2D eigenvalue weighted by molar-refractivity contribution is 7.86. The monoisotopic (exact) mass is 782 g/mol. The summed E-state index contributed by atoms with van der Waals surface area (Å²) in [6.45, 7) is 1.56. The van der Waals surface area contributed by atoms with Crippen molar-refractivity contribution in [2.75, 3.05) is 11.5 Å². The number of anilines is 2. The van der Waals surface area contributed by atoms with Crippen molar-refractivity contribution in [1.82, 2.24) is 0 Å². The summed E-state index contributed by atoms with van der Waals surface area (Å²) in [5.41, 5.74) is 11.2. The van der Waals surface area contributed by atoms with Gasteiger partial charge in [-0.05, 0) is 101 Å². The van der Waals surface area contributed by atoms with Crippen LogP contribution in [0.4, 0.5) is 47.3 Å². The van der Waals surface area contributed by atoms with Crippen LogP contribution in [0, 0.1) is 6.92 Å². The van der Waals surface area contributed by atoms with E-state index in [2.05, 4.69) is 25.2 Å². The second kappa shape index (κ2) is 13.6. The minimum atomic E-state index is -5.21. The molecule has 0 bridgehead atoms. The van der Waals surface area contributed by atoms with E-state index in [4.69, 9.17) is 11.5 Å². The molecule has 0 radical (unpaired) electrons. The average Bonchev–Trinajstić information content (AvgIpc) is 3.06. The zero-order valence-corrected chi connectivity index (χ0v) is 28.9. The predicted octanol–water partition coefficient (Wildman–Crippen LogP) is 8.77. The number of phenols is 2. The first-order valence-electron chi connectivity index (χ1n) is 15.1. The van der Waals surface area contributed by atoms with Crippen molar-refractivity contribution in [2.24, 2.45) is 20.5 Å². The van der Waals surface area contributed by atoms with Gasteiger partial charge in [-0.3, -0.25) is 9.11 Å². The molecule has 54 heavy (non-hydrogen) atoms. The number of nitrogen functional groups attached to an aromatic ring is 2. The van der Waals surface area contributed by atoms with Gasteiger partial charge in [0.1, 0.15) is 26.9 Å². The number of aromatic hydroxyl groups is 2. The lowest BCUT2D eigenvalue weighted by Gasteiger charge is -2.13. The van der Waals surface area contributed by atoms with E-state index >= 15 is 0 Å². The first-order valence-corrected chi connectivity index (χ1v) is 18.0. The number of benzene rings is 6.